The van der Waals surface area contributed by atoms with Crippen molar-refractivity contribution in [3.63, 3.8) is 0 Å². The van der Waals surface area contributed by atoms with Crippen molar-refractivity contribution in [3.05, 3.63) is 53.5 Å². The lowest BCUT2D eigenvalue weighted by Gasteiger charge is -2.33. The van der Waals surface area contributed by atoms with Crippen molar-refractivity contribution in [1.82, 2.24) is 0 Å². The SMILES string of the molecule is COc1ccc2c(c1)CC(O)(Cc1ccoc1)CC2. The van der Waals surface area contributed by atoms with E-state index in [4.69, 9.17) is 9.15 Å². The van der Waals surface area contributed by atoms with Crippen LogP contribution < -0.4 is 4.74 Å². The summed E-state index contributed by atoms with van der Waals surface area (Å²) in [6, 6.07) is 8.04. The van der Waals surface area contributed by atoms with Crippen LogP contribution in [0.4, 0.5) is 0 Å². The summed E-state index contributed by atoms with van der Waals surface area (Å²) >= 11 is 0. The van der Waals surface area contributed by atoms with Crippen LogP contribution in [-0.2, 0) is 19.3 Å². The van der Waals surface area contributed by atoms with Gasteiger partial charge in [-0.15, -0.1) is 0 Å². The molecule has 19 heavy (non-hydrogen) atoms. The zero-order valence-electron chi connectivity index (χ0n) is 11.1. The second kappa shape index (κ2) is 4.74. The molecule has 2 aromatic rings. The van der Waals surface area contributed by atoms with E-state index in [1.807, 2.05) is 18.2 Å². The standard InChI is InChI=1S/C16H18O3/c1-18-15-3-2-13-4-6-16(17,10-14(13)8-15)9-12-5-7-19-11-12/h2-3,5,7-8,11,17H,4,6,9-10H2,1H3. The molecule has 1 unspecified atom stereocenters. The largest absolute Gasteiger partial charge is 0.497 e. The first-order valence-corrected chi connectivity index (χ1v) is 6.58. The van der Waals surface area contributed by atoms with Gasteiger partial charge >= 0.3 is 0 Å². The Morgan fingerprint density at radius 3 is 2.95 bits per heavy atom. The van der Waals surface area contributed by atoms with Gasteiger partial charge in [0.2, 0.25) is 0 Å². The number of methoxy groups -OCH3 is 1. The molecular weight excluding hydrogens is 240 g/mol. The Hall–Kier alpha value is -1.74. The quantitative estimate of drug-likeness (QED) is 0.920. The van der Waals surface area contributed by atoms with Crippen molar-refractivity contribution in [3.8, 4) is 5.75 Å². The zero-order valence-corrected chi connectivity index (χ0v) is 11.1. The van der Waals surface area contributed by atoms with Crippen LogP contribution in [0.15, 0.2) is 41.2 Å². The number of ether oxygens (including phenoxy) is 1. The van der Waals surface area contributed by atoms with Gasteiger partial charge in [-0.2, -0.15) is 0 Å². The zero-order chi connectivity index (χ0) is 13.3. The van der Waals surface area contributed by atoms with Crippen LogP contribution in [0.25, 0.3) is 0 Å². The van der Waals surface area contributed by atoms with Crippen LogP contribution in [0.3, 0.4) is 0 Å². The molecule has 1 aromatic carbocycles. The summed E-state index contributed by atoms with van der Waals surface area (Å²) in [7, 11) is 1.67. The Balaban J connectivity index is 1.83. The molecule has 1 atom stereocenters. The van der Waals surface area contributed by atoms with Crippen molar-refractivity contribution < 1.29 is 14.3 Å². The molecule has 0 fully saturated rings. The van der Waals surface area contributed by atoms with Crippen LogP contribution >= 0.6 is 0 Å². The average Bonchev–Trinajstić information content (AvgIpc) is 2.90. The first kappa shape index (κ1) is 12.3. The Kier molecular flexibility index (Phi) is 3.07. The van der Waals surface area contributed by atoms with Gasteiger partial charge in [-0.05, 0) is 47.7 Å². The number of hydrogen-bond donors (Lipinski definition) is 1. The number of hydrogen-bond acceptors (Lipinski definition) is 3. The summed E-state index contributed by atoms with van der Waals surface area (Å²) in [5, 5.41) is 10.8. The summed E-state index contributed by atoms with van der Waals surface area (Å²) in [5.74, 6) is 0.853. The smallest absolute Gasteiger partial charge is 0.119 e. The van der Waals surface area contributed by atoms with E-state index in [1.165, 1.54) is 11.1 Å². The normalized spacial score (nSPS) is 22.0. The predicted octanol–water partition coefficient (Wildman–Crippen LogP) is 2.75. The molecule has 0 bridgehead atoms. The predicted molar refractivity (Wildman–Crippen MR) is 72.4 cm³/mol. The fourth-order valence-corrected chi connectivity index (χ4v) is 2.87. The van der Waals surface area contributed by atoms with Crippen LogP contribution in [0.1, 0.15) is 23.1 Å². The van der Waals surface area contributed by atoms with Gasteiger partial charge in [0.1, 0.15) is 5.75 Å². The molecule has 3 rings (SSSR count). The molecule has 0 spiro atoms. The van der Waals surface area contributed by atoms with Crippen molar-refractivity contribution in [2.45, 2.75) is 31.3 Å². The van der Waals surface area contributed by atoms with E-state index < -0.39 is 5.60 Å². The molecule has 100 valence electrons. The van der Waals surface area contributed by atoms with Gasteiger partial charge < -0.3 is 14.3 Å². The van der Waals surface area contributed by atoms with E-state index in [0.717, 1.165) is 24.2 Å². The average molecular weight is 258 g/mol. The fourth-order valence-electron chi connectivity index (χ4n) is 2.87. The first-order chi connectivity index (χ1) is 9.18. The maximum Gasteiger partial charge on any atom is 0.119 e. The number of furan rings is 1. The van der Waals surface area contributed by atoms with Gasteiger partial charge in [0.05, 0.1) is 25.2 Å². The Bertz CT molecular complexity index is 559. The van der Waals surface area contributed by atoms with Gasteiger partial charge in [-0.25, -0.2) is 0 Å². The van der Waals surface area contributed by atoms with Gasteiger partial charge in [0, 0.05) is 12.8 Å². The van der Waals surface area contributed by atoms with Crippen molar-refractivity contribution >= 4 is 0 Å². The van der Waals surface area contributed by atoms with E-state index in [-0.39, 0.29) is 0 Å². The number of benzene rings is 1. The molecule has 1 aliphatic carbocycles. The summed E-state index contributed by atoms with van der Waals surface area (Å²) in [6.07, 6.45) is 6.37. The molecule has 0 aliphatic heterocycles. The molecular formula is C16H18O3. The van der Waals surface area contributed by atoms with Crippen LogP contribution in [0.5, 0.6) is 5.75 Å². The lowest BCUT2D eigenvalue weighted by Crippen LogP contribution is -2.37. The third kappa shape index (κ3) is 2.51. The van der Waals surface area contributed by atoms with Gasteiger partial charge in [0.15, 0.2) is 0 Å². The Morgan fingerprint density at radius 1 is 1.32 bits per heavy atom. The fraction of sp³-hybridized carbons (Fsp3) is 0.375. The number of aryl methyl sites for hydroxylation is 1. The van der Waals surface area contributed by atoms with Gasteiger partial charge in [-0.1, -0.05) is 6.07 Å². The van der Waals surface area contributed by atoms with Crippen molar-refractivity contribution in [2.75, 3.05) is 7.11 Å². The molecule has 3 heteroatoms. The molecule has 1 aromatic heterocycles. The van der Waals surface area contributed by atoms with Gasteiger partial charge in [-0.3, -0.25) is 0 Å². The second-order valence-corrected chi connectivity index (χ2v) is 5.34. The number of aliphatic hydroxyl groups is 1. The summed E-state index contributed by atoms with van der Waals surface area (Å²) in [4.78, 5) is 0. The minimum absolute atomic E-state index is 0.639. The summed E-state index contributed by atoms with van der Waals surface area (Å²) in [6.45, 7) is 0. The third-order valence-electron chi connectivity index (χ3n) is 3.91. The number of fused-ring (bicyclic) bond motifs is 1. The molecule has 0 radical (unpaired) electrons. The monoisotopic (exact) mass is 258 g/mol. The molecule has 0 amide bonds. The highest BCUT2D eigenvalue weighted by molar-refractivity contribution is 5.39. The maximum absolute atomic E-state index is 10.8. The molecule has 3 nitrogen and oxygen atoms in total. The Morgan fingerprint density at radius 2 is 2.21 bits per heavy atom. The molecule has 1 aliphatic rings. The van der Waals surface area contributed by atoms with E-state index in [2.05, 4.69) is 6.07 Å². The second-order valence-electron chi connectivity index (χ2n) is 5.34. The topological polar surface area (TPSA) is 42.6 Å². The van der Waals surface area contributed by atoms with E-state index >= 15 is 0 Å². The van der Waals surface area contributed by atoms with E-state index in [0.29, 0.717) is 12.8 Å². The van der Waals surface area contributed by atoms with Crippen LogP contribution in [0, 0.1) is 0 Å². The minimum atomic E-state index is -0.677. The van der Waals surface area contributed by atoms with E-state index in [9.17, 15) is 5.11 Å². The maximum atomic E-state index is 10.8. The first-order valence-electron chi connectivity index (χ1n) is 6.58. The molecule has 1 heterocycles. The lowest BCUT2D eigenvalue weighted by molar-refractivity contribution is 0.0265. The highest BCUT2D eigenvalue weighted by Gasteiger charge is 2.32. The third-order valence-corrected chi connectivity index (χ3v) is 3.91. The number of rotatable bonds is 3. The van der Waals surface area contributed by atoms with Crippen molar-refractivity contribution in [1.29, 1.82) is 0 Å². The van der Waals surface area contributed by atoms with Crippen LogP contribution in [0.2, 0.25) is 0 Å². The Labute approximate surface area is 112 Å². The highest BCUT2D eigenvalue weighted by atomic mass is 16.5. The lowest BCUT2D eigenvalue weighted by atomic mass is 9.77. The molecule has 1 N–H and O–H groups in total. The molecule has 0 saturated heterocycles. The van der Waals surface area contributed by atoms with E-state index in [1.54, 1.807) is 19.6 Å². The summed E-state index contributed by atoms with van der Waals surface area (Å²) < 4.78 is 10.3. The minimum Gasteiger partial charge on any atom is -0.497 e. The summed E-state index contributed by atoms with van der Waals surface area (Å²) in [5.41, 5.74) is 2.88. The van der Waals surface area contributed by atoms with Crippen LogP contribution in [-0.4, -0.2) is 17.8 Å². The van der Waals surface area contributed by atoms with Gasteiger partial charge in [0.25, 0.3) is 0 Å². The highest BCUT2D eigenvalue weighted by Crippen LogP contribution is 2.33. The van der Waals surface area contributed by atoms with Crippen molar-refractivity contribution in [2.24, 2.45) is 0 Å². The molecule has 0 saturated carbocycles.